The molecule has 1 aliphatic carbocycles. The Morgan fingerprint density at radius 1 is 1.35 bits per heavy atom. The van der Waals surface area contributed by atoms with Gasteiger partial charge in [-0.15, -0.1) is 11.3 Å². The molecule has 0 aromatic carbocycles. The molecule has 1 aliphatic heterocycles. The Hall–Kier alpha value is -1.40. The number of carboxylic acid groups (broad SMARTS) is 1. The van der Waals surface area contributed by atoms with Crippen molar-refractivity contribution in [3.8, 4) is 0 Å². The number of thiophene rings is 1. The Balaban J connectivity index is 1.89. The lowest BCUT2D eigenvalue weighted by molar-refractivity contribution is -0.118. The van der Waals surface area contributed by atoms with E-state index < -0.39 is 5.97 Å². The third kappa shape index (κ3) is 2.58. The van der Waals surface area contributed by atoms with Crippen LogP contribution in [0.15, 0.2) is 0 Å². The van der Waals surface area contributed by atoms with Crippen molar-refractivity contribution in [2.24, 2.45) is 0 Å². The second-order valence-corrected chi connectivity index (χ2v) is 6.33. The van der Waals surface area contributed by atoms with Crippen LogP contribution in [0.2, 0.25) is 0 Å². The lowest BCUT2D eigenvalue weighted by Gasteiger charge is -2.24. The van der Waals surface area contributed by atoms with Gasteiger partial charge in [-0.1, -0.05) is 0 Å². The predicted octanol–water partition coefficient (Wildman–Crippen LogP) is 2.44. The van der Waals surface area contributed by atoms with E-state index in [1.165, 1.54) is 11.3 Å². The molecule has 1 aromatic rings. The van der Waals surface area contributed by atoms with Gasteiger partial charge in [0.15, 0.2) is 0 Å². The van der Waals surface area contributed by atoms with Gasteiger partial charge >= 0.3 is 5.97 Å². The van der Waals surface area contributed by atoms with Crippen LogP contribution >= 0.6 is 11.3 Å². The quantitative estimate of drug-likeness (QED) is 0.895. The number of aromatic carboxylic acids is 1. The van der Waals surface area contributed by atoms with E-state index in [9.17, 15) is 14.7 Å². The summed E-state index contributed by atoms with van der Waals surface area (Å²) in [5, 5.41) is 13.3. The van der Waals surface area contributed by atoms with Crippen molar-refractivity contribution in [3.63, 3.8) is 0 Å². The summed E-state index contributed by atoms with van der Waals surface area (Å²) in [6.07, 6.45) is 4.28. The van der Waals surface area contributed by atoms with Gasteiger partial charge in [0.2, 0.25) is 0 Å². The molecule has 0 spiro atoms. The molecule has 0 radical (unpaired) electrons. The zero-order chi connectivity index (χ0) is 14.1. The van der Waals surface area contributed by atoms with Crippen LogP contribution in [-0.4, -0.2) is 29.7 Å². The number of fused-ring (bicyclic) bond motifs is 1. The molecular weight excluding hydrogens is 278 g/mol. The van der Waals surface area contributed by atoms with Crippen LogP contribution in [0.1, 0.15) is 46.5 Å². The van der Waals surface area contributed by atoms with Gasteiger partial charge in [-0.2, -0.15) is 0 Å². The van der Waals surface area contributed by atoms with Crippen molar-refractivity contribution < 1.29 is 19.4 Å². The number of hydrogen-bond acceptors (Lipinski definition) is 5. The van der Waals surface area contributed by atoms with E-state index >= 15 is 0 Å². The highest BCUT2D eigenvalue weighted by Gasteiger charge is 2.29. The number of ether oxygens (including phenoxy) is 1. The summed E-state index contributed by atoms with van der Waals surface area (Å²) in [6, 6.07) is 0. The van der Waals surface area contributed by atoms with Crippen molar-refractivity contribution in [1.82, 2.24) is 0 Å². The number of hydrogen-bond donors (Lipinski definition) is 2. The molecule has 1 atom stereocenters. The molecule has 2 N–H and O–H groups in total. The fourth-order valence-electron chi connectivity index (χ4n) is 2.78. The SMILES string of the molecule is O=C1CCc2c(sc(NC3CCCCO3)c2C(=O)O)C1. The van der Waals surface area contributed by atoms with Gasteiger partial charge in [0.25, 0.3) is 0 Å². The van der Waals surface area contributed by atoms with Crippen LogP contribution in [0, 0.1) is 0 Å². The summed E-state index contributed by atoms with van der Waals surface area (Å²) in [7, 11) is 0. The van der Waals surface area contributed by atoms with Crippen LogP contribution in [0.5, 0.6) is 0 Å². The third-order valence-electron chi connectivity index (χ3n) is 3.79. The van der Waals surface area contributed by atoms with Crippen molar-refractivity contribution in [2.75, 3.05) is 11.9 Å². The average Bonchev–Trinajstić information content (AvgIpc) is 2.76. The molecule has 108 valence electrons. The Morgan fingerprint density at radius 3 is 2.90 bits per heavy atom. The number of carbonyl (C=O) groups excluding carboxylic acids is 1. The Kier molecular flexibility index (Phi) is 3.76. The van der Waals surface area contributed by atoms with E-state index in [1.54, 1.807) is 0 Å². The molecule has 1 fully saturated rings. The first-order valence-electron chi connectivity index (χ1n) is 6.93. The van der Waals surface area contributed by atoms with Crippen LogP contribution in [0.3, 0.4) is 0 Å². The van der Waals surface area contributed by atoms with Crippen molar-refractivity contribution >= 4 is 28.1 Å². The van der Waals surface area contributed by atoms with Crippen LogP contribution in [0.4, 0.5) is 5.00 Å². The molecule has 5 nitrogen and oxygen atoms in total. The lowest BCUT2D eigenvalue weighted by atomic mass is 9.94. The molecule has 0 bridgehead atoms. The minimum absolute atomic E-state index is 0.113. The van der Waals surface area contributed by atoms with Gasteiger partial charge in [-0.3, -0.25) is 4.79 Å². The van der Waals surface area contributed by atoms with Gasteiger partial charge in [0, 0.05) is 24.3 Å². The number of carbonyl (C=O) groups is 2. The summed E-state index contributed by atoms with van der Waals surface area (Å²) in [5.41, 5.74) is 1.17. The average molecular weight is 295 g/mol. The fourth-order valence-corrected chi connectivity index (χ4v) is 4.09. The summed E-state index contributed by atoms with van der Waals surface area (Å²) in [4.78, 5) is 23.9. The molecule has 1 saturated heterocycles. The first-order valence-corrected chi connectivity index (χ1v) is 7.74. The maximum absolute atomic E-state index is 11.5. The van der Waals surface area contributed by atoms with Crippen LogP contribution in [0.25, 0.3) is 0 Å². The van der Waals surface area contributed by atoms with Crippen molar-refractivity contribution in [3.05, 3.63) is 16.0 Å². The number of carboxylic acids is 1. The van der Waals surface area contributed by atoms with Gasteiger partial charge in [0.05, 0.1) is 5.56 Å². The number of nitrogens with one attached hydrogen (secondary N) is 1. The second-order valence-electron chi connectivity index (χ2n) is 5.23. The van der Waals surface area contributed by atoms with E-state index in [4.69, 9.17) is 4.74 Å². The Bertz CT molecular complexity index is 546. The van der Waals surface area contributed by atoms with E-state index in [-0.39, 0.29) is 12.0 Å². The summed E-state index contributed by atoms with van der Waals surface area (Å²) in [6.45, 7) is 0.712. The Labute approximate surface area is 120 Å². The number of rotatable bonds is 3. The minimum Gasteiger partial charge on any atom is -0.478 e. The number of anilines is 1. The van der Waals surface area contributed by atoms with E-state index in [0.717, 1.165) is 29.7 Å². The minimum atomic E-state index is -0.921. The van der Waals surface area contributed by atoms with Gasteiger partial charge in [-0.05, 0) is 31.2 Å². The molecule has 0 amide bonds. The maximum atomic E-state index is 11.5. The normalized spacial score (nSPS) is 22.4. The zero-order valence-electron chi connectivity index (χ0n) is 11.1. The molecule has 6 heteroatoms. The highest BCUT2D eigenvalue weighted by molar-refractivity contribution is 7.16. The number of Topliss-reactive ketones (excluding diaryl/α,β-unsaturated/α-hetero) is 1. The number of ketones is 1. The van der Waals surface area contributed by atoms with Crippen LogP contribution < -0.4 is 5.32 Å². The Morgan fingerprint density at radius 2 is 2.20 bits per heavy atom. The molecular formula is C14H17NO4S. The van der Waals surface area contributed by atoms with Crippen LogP contribution in [-0.2, 0) is 22.4 Å². The molecule has 2 aliphatic rings. The first-order chi connectivity index (χ1) is 9.65. The second kappa shape index (κ2) is 5.54. The molecule has 2 heterocycles. The standard InChI is InChI=1S/C14H17NO4S/c16-8-4-5-9-10(7-8)20-13(12(9)14(17)18)15-11-3-1-2-6-19-11/h11,15H,1-7H2,(H,17,18). The van der Waals surface area contributed by atoms with Gasteiger partial charge in [0.1, 0.15) is 17.0 Å². The topological polar surface area (TPSA) is 75.6 Å². The van der Waals surface area contributed by atoms with Gasteiger partial charge in [-0.25, -0.2) is 4.79 Å². The van der Waals surface area contributed by atoms with Crippen molar-refractivity contribution in [2.45, 2.75) is 44.8 Å². The summed E-state index contributed by atoms with van der Waals surface area (Å²) >= 11 is 1.39. The van der Waals surface area contributed by atoms with Gasteiger partial charge < -0.3 is 15.2 Å². The maximum Gasteiger partial charge on any atom is 0.338 e. The molecule has 20 heavy (non-hydrogen) atoms. The van der Waals surface area contributed by atoms with E-state index in [2.05, 4.69) is 5.32 Å². The predicted molar refractivity (Wildman–Crippen MR) is 75.5 cm³/mol. The lowest BCUT2D eigenvalue weighted by Crippen LogP contribution is -2.27. The van der Waals surface area contributed by atoms with E-state index in [0.29, 0.717) is 36.4 Å². The fraction of sp³-hybridized carbons (Fsp3) is 0.571. The smallest absolute Gasteiger partial charge is 0.338 e. The summed E-state index contributed by atoms with van der Waals surface area (Å²) in [5.74, 6) is -0.730. The van der Waals surface area contributed by atoms with Crippen molar-refractivity contribution in [1.29, 1.82) is 0 Å². The zero-order valence-corrected chi connectivity index (χ0v) is 11.9. The highest BCUT2D eigenvalue weighted by atomic mass is 32.1. The molecule has 1 unspecified atom stereocenters. The molecule has 0 saturated carbocycles. The third-order valence-corrected chi connectivity index (χ3v) is 4.95. The summed E-state index contributed by atoms with van der Waals surface area (Å²) < 4.78 is 5.61. The molecule has 3 rings (SSSR count). The van der Waals surface area contributed by atoms with E-state index in [1.807, 2.05) is 0 Å². The monoisotopic (exact) mass is 295 g/mol. The molecule has 1 aromatic heterocycles. The first kappa shape index (κ1) is 13.6. The highest BCUT2D eigenvalue weighted by Crippen LogP contribution is 2.38. The largest absolute Gasteiger partial charge is 0.478 e.